The van der Waals surface area contributed by atoms with Crippen LogP contribution in [-0.2, 0) is 0 Å². The molecule has 1 N–H and O–H groups in total. The molecule has 1 aromatic heterocycles. The van der Waals surface area contributed by atoms with Gasteiger partial charge in [0, 0.05) is 26.2 Å². The first-order chi connectivity index (χ1) is 9.11. The average Bonchev–Trinajstić information content (AvgIpc) is 2.86. The van der Waals surface area contributed by atoms with Crippen molar-refractivity contribution < 1.29 is 4.79 Å². The molecule has 1 fully saturated rings. The summed E-state index contributed by atoms with van der Waals surface area (Å²) in [5.74, 6) is -0.0260. The van der Waals surface area contributed by atoms with Crippen molar-refractivity contribution in [2.75, 3.05) is 39.0 Å². The molecule has 6 nitrogen and oxygen atoms in total. The third-order valence-corrected chi connectivity index (χ3v) is 4.27. The molecule has 1 unspecified atom stereocenters. The first-order valence-electron chi connectivity index (χ1n) is 6.65. The summed E-state index contributed by atoms with van der Waals surface area (Å²) in [5, 5.41) is 12.2. The minimum atomic E-state index is -0.0260. The molecular formula is C12H21N5OS. The molecule has 0 radical (unpaired) electrons. The first kappa shape index (κ1) is 14.2. The fourth-order valence-corrected chi connectivity index (χ4v) is 3.10. The third kappa shape index (κ3) is 3.42. The average molecular weight is 283 g/mol. The zero-order valence-corrected chi connectivity index (χ0v) is 12.5. The van der Waals surface area contributed by atoms with E-state index in [0.717, 1.165) is 32.5 Å². The van der Waals surface area contributed by atoms with Gasteiger partial charge in [0.2, 0.25) is 10.1 Å². The van der Waals surface area contributed by atoms with Crippen LogP contribution in [0.4, 0.5) is 5.13 Å². The molecule has 0 aromatic carbocycles. The predicted octanol–water partition coefficient (Wildman–Crippen LogP) is 1.14. The number of anilines is 1. The van der Waals surface area contributed by atoms with Gasteiger partial charge in [-0.15, -0.1) is 10.2 Å². The van der Waals surface area contributed by atoms with E-state index >= 15 is 0 Å². The summed E-state index contributed by atoms with van der Waals surface area (Å²) in [6.07, 6.45) is 2.20. The number of amides is 1. The summed E-state index contributed by atoms with van der Waals surface area (Å²) < 4.78 is 0. The number of rotatable bonds is 4. The van der Waals surface area contributed by atoms with E-state index in [1.807, 2.05) is 18.9 Å². The highest BCUT2D eigenvalue weighted by molar-refractivity contribution is 7.17. The van der Waals surface area contributed by atoms with Gasteiger partial charge in [-0.1, -0.05) is 11.3 Å². The van der Waals surface area contributed by atoms with Crippen molar-refractivity contribution in [1.29, 1.82) is 0 Å². The van der Waals surface area contributed by atoms with Crippen molar-refractivity contribution >= 4 is 22.4 Å². The number of nitrogens with zero attached hydrogens (tertiary/aromatic N) is 4. The monoisotopic (exact) mass is 283 g/mol. The van der Waals surface area contributed by atoms with Crippen molar-refractivity contribution in [2.45, 2.75) is 25.8 Å². The lowest BCUT2D eigenvalue weighted by Crippen LogP contribution is -2.47. The van der Waals surface area contributed by atoms with Crippen LogP contribution in [0.15, 0.2) is 0 Å². The van der Waals surface area contributed by atoms with Gasteiger partial charge >= 0.3 is 0 Å². The maximum absolute atomic E-state index is 12.4. The molecule has 1 aliphatic rings. The van der Waals surface area contributed by atoms with E-state index in [4.69, 9.17) is 0 Å². The highest BCUT2D eigenvalue weighted by Gasteiger charge is 2.27. The minimum absolute atomic E-state index is 0.0260. The summed E-state index contributed by atoms with van der Waals surface area (Å²) in [4.78, 5) is 16.4. The van der Waals surface area contributed by atoms with Gasteiger partial charge in [-0.3, -0.25) is 4.79 Å². The van der Waals surface area contributed by atoms with Crippen LogP contribution in [0.5, 0.6) is 0 Å². The minimum Gasteiger partial charge on any atom is -0.360 e. The Morgan fingerprint density at radius 3 is 3.05 bits per heavy atom. The Balaban J connectivity index is 2.01. The van der Waals surface area contributed by atoms with Crippen molar-refractivity contribution in [3.05, 3.63) is 5.01 Å². The number of nitrogens with one attached hydrogen (secondary N) is 1. The lowest BCUT2D eigenvalue weighted by atomic mass is 10.1. The van der Waals surface area contributed by atoms with Gasteiger partial charge in [0.15, 0.2) is 0 Å². The van der Waals surface area contributed by atoms with Gasteiger partial charge in [-0.25, -0.2) is 0 Å². The van der Waals surface area contributed by atoms with E-state index in [-0.39, 0.29) is 11.9 Å². The van der Waals surface area contributed by atoms with Gasteiger partial charge in [0.25, 0.3) is 5.91 Å². The SMILES string of the molecule is CCNc1nnc(C(=O)N(C)C2CCCN(C)C2)s1. The Morgan fingerprint density at radius 1 is 1.58 bits per heavy atom. The molecule has 1 amide bonds. The highest BCUT2D eigenvalue weighted by atomic mass is 32.1. The van der Waals surface area contributed by atoms with E-state index < -0.39 is 0 Å². The van der Waals surface area contributed by atoms with Crippen LogP contribution in [0, 0.1) is 0 Å². The molecule has 0 bridgehead atoms. The van der Waals surface area contributed by atoms with E-state index in [0.29, 0.717) is 10.1 Å². The highest BCUT2D eigenvalue weighted by Crippen LogP contribution is 2.20. The molecule has 1 atom stereocenters. The number of likely N-dealkylation sites (tertiary alicyclic amines) is 1. The van der Waals surface area contributed by atoms with Gasteiger partial charge < -0.3 is 15.1 Å². The molecule has 1 aromatic rings. The zero-order chi connectivity index (χ0) is 13.8. The lowest BCUT2D eigenvalue weighted by molar-refractivity contribution is 0.0643. The number of carbonyl (C=O) groups excluding carboxylic acids is 1. The van der Waals surface area contributed by atoms with Gasteiger partial charge in [0.1, 0.15) is 0 Å². The predicted molar refractivity (Wildman–Crippen MR) is 76.7 cm³/mol. The van der Waals surface area contributed by atoms with Crippen LogP contribution >= 0.6 is 11.3 Å². The van der Waals surface area contributed by atoms with Gasteiger partial charge in [0.05, 0.1) is 0 Å². The first-order valence-corrected chi connectivity index (χ1v) is 7.46. The van der Waals surface area contributed by atoms with Crippen LogP contribution in [0.25, 0.3) is 0 Å². The molecule has 0 spiro atoms. The molecular weight excluding hydrogens is 262 g/mol. The maximum Gasteiger partial charge on any atom is 0.284 e. The second kappa shape index (κ2) is 6.29. The summed E-state index contributed by atoms with van der Waals surface area (Å²) >= 11 is 1.32. The molecule has 0 saturated carbocycles. The number of carbonyl (C=O) groups is 1. The fraction of sp³-hybridized carbons (Fsp3) is 0.750. The van der Waals surface area contributed by atoms with E-state index in [9.17, 15) is 4.79 Å². The van der Waals surface area contributed by atoms with Crippen molar-refractivity contribution in [2.24, 2.45) is 0 Å². The number of hydrogen-bond donors (Lipinski definition) is 1. The Kier molecular flexibility index (Phi) is 4.71. The second-order valence-electron chi connectivity index (χ2n) is 4.92. The van der Waals surface area contributed by atoms with E-state index in [2.05, 4.69) is 27.5 Å². The number of hydrogen-bond acceptors (Lipinski definition) is 6. The topological polar surface area (TPSA) is 61.4 Å². The van der Waals surface area contributed by atoms with Gasteiger partial charge in [-0.05, 0) is 33.4 Å². The van der Waals surface area contributed by atoms with Gasteiger partial charge in [-0.2, -0.15) is 0 Å². The smallest absolute Gasteiger partial charge is 0.284 e. The molecule has 2 rings (SSSR count). The standard InChI is InChI=1S/C12H21N5OS/c1-4-13-12-15-14-10(19-12)11(18)17(3)9-6-5-7-16(2)8-9/h9H,4-8H2,1-3H3,(H,13,15). The quantitative estimate of drug-likeness (QED) is 0.898. The largest absolute Gasteiger partial charge is 0.360 e. The summed E-state index contributed by atoms with van der Waals surface area (Å²) in [6, 6.07) is 0.276. The zero-order valence-electron chi connectivity index (χ0n) is 11.7. The van der Waals surface area contributed by atoms with Crippen molar-refractivity contribution in [3.63, 3.8) is 0 Å². The van der Waals surface area contributed by atoms with Crippen LogP contribution in [0.3, 0.4) is 0 Å². The number of aromatic nitrogens is 2. The Hall–Kier alpha value is -1.21. The van der Waals surface area contributed by atoms with E-state index in [1.54, 1.807) is 0 Å². The summed E-state index contributed by atoms with van der Waals surface area (Å²) in [7, 11) is 3.96. The Morgan fingerprint density at radius 2 is 2.37 bits per heavy atom. The molecule has 19 heavy (non-hydrogen) atoms. The number of likely N-dealkylation sites (N-methyl/N-ethyl adjacent to an activating group) is 2. The maximum atomic E-state index is 12.4. The molecule has 0 aliphatic carbocycles. The fourth-order valence-electron chi connectivity index (χ4n) is 2.30. The number of piperidine rings is 1. The Bertz CT molecular complexity index is 436. The normalized spacial score (nSPS) is 20.3. The van der Waals surface area contributed by atoms with Crippen LogP contribution in [-0.4, -0.2) is 65.7 Å². The van der Waals surface area contributed by atoms with Crippen LogP contribution in [0.1, 0.15) is 29.6 Å². The van der Waals surface area contributed by atoms with Crippen molar-refractivity contribution in [1.82, 2.24) is 20.0 Å². The van der Waals surface area contributed by atoms with Crippen LogP contribution in [0.2, 0.25) is 0 Å². The van der Waals surface area contributed by atoms with Crippen LogP contribution < -0.4 is 5.32 Å². The van der Waals surface area contributed by atoms with Crippen molar-refractivity contribution in [3.8, 4) is 0 Å². The molecule has 7 heteroatoms. The molecule has 1 saturated heterocycles. The molecule has 106 valence electrons. The second-order valence-corrected chi connectivity index (χ2v) is 5.89. The van der Waals surface area contributed by atoms with E-state index in [1.165, 1.54) is 11.3 Å². The molecule has 1 aliphatic heterocycles. The third-order valence-electron chi connectivity index (χ3n) is 3.40. The molecule has 2 heterocycles. The summed E-state index contributed by atoms with van der Waals surface area (Å²) in [6.45, 7) is 4.82. The summed E-state index contributed by atoms with van der Waals surface area (Å²) in [5.41, 5.74) is 0. The Labute approximate surface area is 117 Å². The lowest BCUT2D eigenvalue weighted by Gasteiger charge is -2.35.